The molecule has 1 nitrogen and oxygen atoms in total. The third-order valence-electron chi connectivity index (χ3n) is 2.83. The summed E-state index contributed by atoms with van der Waals surface area (Å²) >= 11 is 3.21. The summed E-state index contributed by atoms with van der Waals surface area (Å²) in [6, 6.07) is 7.41. The van der Waals surface area contributed by atoms with Gasteiger partial charge < -0.3 is 0 Å². The van der Waals surface area contributed by atoms with Crippen LogP contribution >= 0.6 is 15.9 Å². The molecule has 104 valence electrons. The van der Waals surface area contributed by atoms with Crippen LogP contribution in [0.2, 0.25) is 0 Å². The van der Waals surface area contributed by atoms with Crippen LogP contribution in [0.3, 0.4) is 0 Å². The predicted molar refractivity (Wildman–Crippen MR) is 72.9 cm³/mol. The van der Waals surface area contributed by atoms with Crippen LogP contribution in [-0.4, -0.2) is 5.78 Å². The molecule has 0 saturated heterocycles. The Morgan fingerprint density at radius 3 is 2.30 bits per heavy atom. The fraction of sp³-hybridized carbons (Fsp3) is 0.133. The largest absolute Gasteiger partial charge is 0.299 e. The molecule has 0 aromatic heterocycles. The predicted octanol–water partition coefficient (Wildman–Crippen LogP) is 4.22. The SMILES string of the molecule is O=C(Cc1cc(F)ccc1Br)Cc1c(F)cccc1F. The molecule has 2 aromatic rings. The van der Waals surface area contributed by atoms with Crippen LogP contribution in [0, 0.1) is 17.5 Å². The fourth-order valence-electron chi connectivity index (χ4n) is 1.85. The number of rotatable bonds is 4. The van der Waals surface area contributed by atoms with Gasteiger partial charge >= 0.3 is 0 Å². The summed E-state index contributed by atoms with van der Waals surface area (Å²) in [7, 11) is 0. The van der Waals surface area contributed by atoms with Crippen LogP contribution in [-0.2, 0) is 17.6 Å². The normalized spacial score (nSPS) is 10.6. The van der Waals surface area contributed by atoms with Crippen molar-refractivity contribution in [2.45, 2.75) is 12.8 Å². The molecule has 0 unspecified atom stereocenters. The third-order valence-corrected chi connectivity index (χ3v) is 3.60. The Kier molecular flexibility index (Phi) is 4.60. The van der Waals surface area contributed by atoms with E-state index in [0.717, 1.165) is 12.1 Å². The molecule has 0 atom stereocenters. The van der Waals surface area contributed by atoms with Crippen molar-refractivity contribution in [1.82, 2.24) is 0 Å². The van der Waals surface area contributed by atoms with Gasteiger partial charge in [-0.2, -0.15) is 0 Å². The highest BCUT2D eigenvalue weighted by Gasteiger charge is 2.14. The van der Waals surface area contributed by atoms with Crippen LogP contribution < -0.4 is 0 Å². The lowest BCUT2D eigenvalue weighted by Crippen LogP contribution is -2.10. The van der Waals surface area contributed by atoms with E-state index in [0.29, 0.717) is 10.0 Å². The second-order valence-corrected chi connectivity index (χ2v) is 5.18. The van der Waals surface area contributed by atoms with Crippen molar-refractivity contribution in [3.05, 3.63) is 69.4 Å². The topological polar surface area (TPSA) is 17.1 Å². The minimum atomic E-state index is -0.753. The quantitative estimate of drug-likeness (QED) is 0.812. The van der Waals surface area contributed by atoms with Gasteiger partial charge in [0.25, 0.3) is 0 Å². The average Bonchev–Trinajstić information content (AvgIpc) is 2.38. The Bertz CT molecular complexity index is 635. The molecule has 0 amide bonds. The van der Waals surface area contributed by atoms with Gasteiger partial charge in [0, 0.05) is 22.9 Å². The first-order valence-electron chi connectivity index (χ1n) is 5.86. The number of halogens is 4. The Balaban J connectivity index is 2.15. The van der Waals surface area contributed by atoms with Gasteiger partial charge in [0.2, 0.25) is 0 Å². The summed E-state index contributed by atoms with van der Waals surface area (Å²) in [6.45, 7) is 0. The highest BCUT2D eigenvalue weighted by atomic mass is 79.9. The number of carbonyl (C=O) groups excluding carboxylic acids is 1. The van der Waals surface area contributed by atoms with Crippen LogP contribution in [0.25, 0.3) is 0 Å². The van der Waals surface area contributed by atoms with Gasteiger partial charge in [0.15, 0.2) is 0 Å². The molecule has 0 saturated carbocycles. The molecular weight excluding hydrogens is 333 g/mol. The van der Waals surface area contributed by atoms with Crippen molar-refractivity contribution >= 4 is 21.7 Å². The molecule has 0 aliphatic carbocycles. The number of Topliss-reactive ketones (excluding diaryl/α,β-unsaturated/α-hetero) is 1. The number of benzene rings is 2. The first kappa shape index (κ1) is 14.8. The second kappa shape index (κ2) is 6.22. The Morgan fingerprint density at radius 2 is 1.65 bits per heavy atom. The first-order chi connectivity index (χ1) is 9.47. The Hall–Kier alpha value is -1.62. The molecule has 20 heavy (non-hydrogen) atoms. The van der Waals surface area contributed by atoms with Gasteiger partial charge in [-0.15, -0.1) is 0 Å². The van der Waals surface area contributed by atoms with E-state index in [-0.39, 0.29) is 24.2 Å². The zero-order valence-corrected chi connectivity index (χ0v) is 11.9. The van der Waals surface area contributed by atoms with Gasteiger partial charge in [-0.1, -0.05) is 22.0 Å². The molecule has 0 radical (unpaired) electrons. The van der Waals surface area contributed by atoms with Crippen LogP contribution in [0.15, 0.2) is 40.9 Å². The van der Waals surface area contributed by atoms with Crippen molar-refractivity contribution in [2.75, 3.05) is 0 Å². The average molecular weight is 343 g/mol. The molecule has 2 rings (SSSR count). The molecule has 0 N–H and O–H groups in total. The highest BCUT2D eigenvalue weighted by Crippen LogP contribution is 2.20. The number of ketones is 1. The zero-order valence-electron chi connectivity index (χ0n) is 10.3. The summed E-state index contributed by atoms with van der Waals surface area (Å²) in [5.74, 6) is -2.36. The lowest BCUT2D eigenvalue weighted by atomic mass is 10.0. The summed E-state index contributed by atoms with van der Waals surface area (Å²) in [4.78, 5) is 11.9. The smallest absolute Gasteiger partial charge is 0.141 e. The maximum Gasteiger partial charge on any atom is 0.141 e. The maximum absolute atomic E-state index is 13.4. The summed E-state index contributed by atoms with van der Waals surface area (Å²) in [6.07, 6.45) is -0.451. The molecule has 0 fully saturated rings. The summed E-state index contributed by atoms with van der Waals surface area (Å²) < 4.78 is 40.5. The molecular formula is C15H10BrF3O. The monoisotopic (exact) mass is 342 g/mol. The molecule has 0 aliphatic heterocycles. The Labute approximate surface area is 122 Å². The van der Waals surface area contributed by atoms with E-state index in [1.807, 2.05) is 0 Å². The number of carbonyl (C=O) groups is 1. The number of hydrogen-bond acceptors (Lipinski definition) is 1. The fourth-order valence-corrected chi connectivity index (χ4v) is 2.24. The van der Waals surface area contributed by atoms with E-state index in [2.05, 4.69) is 15.9 Å². The van der Waals surface area contributed by atoms with Gasteiger partial charge in [-0.05, 0) is 35.9 Å². The van der Waals surface area contributed by atoms with Crippen molar-refractivity contribution in [2.24, 2.45) is 0 Å². The van der Waals surface area contributed by atoms with Crippen LogP contribution in [0.5, 0.6) is 0 Å². The highest BCUT2D eigenvalue weighted by molar-refractivity contribution is 9.10. The minimum Gasteiger partial charge on any atom is -0.299 e. The van der Waals surface area contributed by atoms with E-state index in [4.69, 9.17) is 0 Å². The minimum absolute atomic E-state index is 0.0912. The van der Waals surface area contributed by atoms with Crippen molar-refractivity contribution in [3.8, 4) is 0 Å². The molecule has 0 spiro atoms. The van der Waals surface area contributed by atoms with Gasteiger partial charge in [0.05, 0.1) is 0 Å². The Morgan fingerprint density at radius 1 is 1.00 bits per heavy atom. The molecule has 2 aromatic carbocycles. The number of hydrogen-bond donors (Lipinski definition) is 0. The van der Waals surface area contributed by atoms with Crippen LogP contribution in [0.1, 0.15) is 11.1 Å². The molecule has 0 bridgehead atoms. The van der Waals surface area contributed by atoms with E-state index < -0.39 is 17.5 Å². The standard InChI is InChI=1S/C15H10BrF3O/c16-13-5-4-10(17)6-9(13)7-11(20)8-12-14(18)2-1-3-15(12)19/h1-6H,7-8H2. The van der Waals surface area contributed by atoms with E-state index in [1.54, 1.807) is 0 Å². The van der Waals surface area contributed by atoms with E-state index >= 15 is 0 Å². The summed E-state index contributed by atoms with van der Waals surface area (Å²) in [5, 5.41) is 0. The molecule has 0 aliphatic rings. The van der Waals surface area contributed by atoms with Gasteiger partial charge in [0.1, 0.15) is 23.2 Å². The maximum atomic E-state index is 13.4. The first-order valence-corrected chi connectivity index (χ1v) is 6.65. The molecule has 5 heteroatoms. The zero-order chi connectivity index (χ0) is 14.7. The second-order valence-electron chi connectivity index (χ2n) is 4.33. The lowest BCUT2D eigenvalue weighted by Gasteiger charge is -2.06. The van der Waals surface area contributed by atoms with Crippen LogP contribution in [0.4, 0.5) is 13.2 Å². The third kappa shape index (κ3) is 3.48. The van der Waals surface area contributed by atoms with E-state index in [1.165, 1.54) is 24.3 Å². The molecule has 0 heterocycles. The van der Waals surface area contributed by atoms with Gasteiger partial charge in [-0.25, -0.2) is 13.2 Å². The summed E-state index contributed by atoms with van der Waals surface area (Å²) in [5.41, 5.74) is 0.191. The van der Waals surface area contributed by atoms with Crippen molar-refractivity contribution in [3.63, 3.8) is 0 Å². The van der Waals surface area contributed by atoms with E-state index in [9.17, 15) is 18.0 Å². The lowest BCUT2D eigenvalue weighted by molar-refractivity contribution is -0.117. The van der Waals surface area contributed by atoms with Gasteiger partial charge in [-0.3, -0.25) is 4.79 Å². The van der Waals surface area contributed by atoms with Crippen molar-refractivity contribution in [1.29, 1.82) is 0 Å². The van der Waals surface area contributed by atoms with Crippen molar-refractivity contribution < 1.29 is 18.0 Å².